The van der Waals surface area contributed by atoms with Gasteiger partial charge in [-0.2, -0.15) is 0 Å². The van der Waals surface area contributed by atoms with Crippen molar-refractivity contribution in [3.8, 4) is 0 Å². The molecule has 1 fully saturated rings. The van der Waals surface area contributed by atoms with Crippen LogP contribution >= 0.6 is 0 Å². The Morgan fingerprint density at radius 3 is 1.60 bits per heavy atom. The molecule has 0 aromatic heterocycles. The third kappa shape index (κ3) is 1.70. The second kappa shape index (κ2) is 3.94. The first-order valence-corrected chi connectivity index (χ1v) is 4.10. The highest BCUT2D eigenvalue weighted by molar-refractivity contribution is 4.73. The zero-order valence-corrected chi connectivity index (χ0v) is 6.29. The maximum Gasteiger partial charge on any atom is 0.0462 e. The molecule has 0 radical (unpaired) electrons. The van der Waals surface area contributed by atoms with Gasteiger partial charge in [0.25, 0.3) is 0 Å². The van der Waals surface area contributed by atoms with E-state index in [0.29, 0.717) is 11.8 Å². The van der Waals surface area contributed by atoms with Crippen molar-refractivity contribution >= 4 is 0 Å². The first kappa shape index (κ1) is 8.02. The average Bonchev–Trinajstić information content (AvgIpc) is 2.04. The number of hydrogen-bond acceptors (Lipinski definition) is 2. The molecule has 1 unspecified atom stereocenters. The minimum absolute atomic E-state index is 0.255. The molecule has 2 atom stereocenters. The summed E-state index contributed by atoms with van der Waals surface area (Å²) in [5, 5.41) is 17.8. The van der Waals surface area contributed by atoms with Gasteiger partial charge in [0.2, 0.25) is 0 Å². The summed E-state index contributed by atoms with van der Waals surface area (Å²) in [7, 11) is 0. The number of hydrogen-bond donors (Lipinski definition) is 2. The summed E-state index contributed by atoms with van der Waals surface area (Å²) in [6, 6.07) is 0. The van der Waals surface area contributed by atoms with Crippen molar-refractivity contribution in [2.75, 3.05) is 13.2 Å². The normalized spacial score (nSPS) is 34.2. The lowest BCUT2D eigenvalue weighted by Gasteiger charge is -2.28. The molecule has 2 N–H and O–H groups in total. The number of aliphatic hydroxyl groups is 2. The van der Waals surface area contributed by atoms with Crippen LogP contribution in [0.25, 0.3) is 0 Å². The molecule has 1 aliphatic rings. The highest BCUT2D eigenvalue weighted by Gasteiger charge is 2.23. The Bertz CT molecular complexity index is 81.3. The maximum absolute atomic E-state index is 8.88. The zero-order valence-electron chi connectivity index (χ0n) is 6.29. The van der Waals surface area contributed by atoms with Gasteiger partial charge < -0.3 is 10.2 Å². The smallest absolute Gasteiger partial charge is 0.0462 e. The Morgan fingerprint density at radius 1 is 0.900 bits per heavy atom. The van der Waals surface area contributed by atoms with Crippen molar-refractivity contribution < 1.29 is 10.2 Å². The lowest BCUT2D eigenvalue weighted by Crippen LogP contribution is -2.25. The van der Waals surface area contributed by atoms with E-state index in [1.807, 2.05) is 0 Å². The highest BCUT2D eigenvalue weighted by atomic mass is 16.3. The fourth-order valence-electron chi connectivity index (χ4n) is 1.77. The molecule has 1 saturated carbocycles. The van der Waals surface area contributed by atoms with Crippen LogP contribution in [0, 0.1) is 11.8 Å². The van der Waals surface area contributed by atoms with Crippen molar-refractivity contribution in [2.45, 2.75) is 25.7 Å². The summed E-state index contributed by atoms with van der Waals surface area (Å²) in [5.74, 6) is 0.748. The van der Waals surface area contributed by atoms with Gasteiger partial charge in [0.05, 0.1) is 0 Å². The van der Waals surface area contributed by atoms with Gasteiger partial charge in [-0.05, 0) is 24.7 Å². The molecule has 2 heteroatoms. The third-order valence-electron chi connectivity index (χ3n) is 2.54. The van der Waals surface area contributed by atoms with Crippen LogP contribution in [0.15, 0.2) is 0 Å². The fraction of sp³-hybridized carbons (Fsp3) is 1.00. The second-order valence-corrected chi connectivity index (χ2v) is 3.17. The van der Waals surface area contributed by atoms with Crippen molar-refractivity contribution in [3.63, 3.8) is 0 Å². The Hall–Kier alpha value is -0.0800. The minimum Gasteiger partial charge on any atom is -0.396 e. The van der Waals surface area contributed by atoms with Gasteiger partial charge in [-0.3, -0.25) is 0 Å². The molecular formula is C8H16O2. The van der Waals surface area contributed by atoms with E-state index in [1.54, 1.807) is 0 Å². The Kier molecular flexibility index (Phi) is 3.16. The molecule has 0 saturated heterocycles. The second-order valence-electron chi connectivity index (χ2n) is 3.17. The van der Waals surface area contributed by atoms with Crippen LogP contribution in [0.2, 0.25) is 0 Å². The average molecular weight is 144 g/mol. The van der Waals surface area contributed by atoms with E-state index in [2.05, 4.69) is 0 Å². The molecule has 1 aliphatic carbocycles. The molecule has 2 nitrogen and oxygen atoms in total. The Morgan fingerprint density at radius 2 is 1.30 bits per heavy atom. The quantitative estimate of drug-likeness (QED) is 0.601. The van der Waals surface area contributed by atoms with Gasteiger partial charge in [0.15, 0.2) is 0 Å². The molecule has 0 heterocycles. The minimum atomic E-state index is 0.255. The summed E-state index contributed by atoms with van der Waals surface area (Å²) >= 11 is 0. The standard InChI is InChI=1S/C8H16O2/c9-5-7-3-1-2-4-8(7)6-10/h7-10H,1-6H2/t7-,8?/m0/s1. The summed E-state index contributed by atoms with van der Waals surface area (Å²) in [6.45, 7) is 0.510. The predicted molar refractivity (Wildman–Crippen MR) is 39.6 cm³/mol. The third-order valence-corrected chi connectivity index (χ3v) is 2.54. The van der Waals surface area contributed by atoms with Crippen LogP contribution < -0.4 is 0 Å². The van der Waals surface area contributed by atoms with Gasteiger partial charge in [-0.1, -0.05) is 12.8 Å². The molecule has 0 amide bonds. The molecular weight excluding hydrogens is 128 g/mol. The van der Waals surface area contributed by atoms with E-state index >= 15 is 0 Å². The van der Waals surface area contributed by atoms with Crippen LogP contribution in [0.5, 0.6) is 0 Å². The first-order valence-electron chi connectivity index (χ1n) is 4.10. The van der Waals surface area contributed by atoms with Crippen LogP contribution in [0.4, 0.5) is 0 Å². The lowest BCUT2D eigenvalue weighted by atomic mass is 9.80. The number of rotatable bonds is 2. The van der Waals surface area contributed by atoms with Gasteiger partial charge >= 0.3 is 0 Å². The lowest BCUT2D eigenvalue weighted by molar-refractivity contribution is 0.0869. The van der Waals surface area contributed by atoms with Crippen LogP contribution in [0.1, 0.15) is 25.7 Å². The van der Waals surface area contributed by atoms with Crippen LogP contribution in [0.3, 0.4) is 0 Å². The van der Waals surface area contributed by atoms with E-state index in [-0.39, 0.29) is 13.2 Å². The largest absolute Gasteiger partial charge is 0.396 e. The van der Waals surface area contributed by atoms with Gasteiger partial charge in [0, 0.05) is 13.2 Å². The van der Waals surface area contributed by atoms with E-state index in [4.69, 9.17) is 10.2 Å². The topological polar surface area (TPSA) is 40.5 Å². The monoisotopic (exact) mass is 144 g/mol. The summed E-state index contributed by atoms with van der Waals surface area (Å²) in [6.07, 6.45) is 4.65. The fourth-order valence-corrected chi connectivity index (χ4v) is 1.77. The van der Waals surface area contributed by atoms with Gasteiger partial charge in [0.1, 0.15) is 0 Å². The summed E-state index contributed by atoms with van der Waals surface area (Å²) in [4.78, 5) is 0. The molecule has 0 spiro atoms. The molecule has 0 aliphatic heterocycles. The Labute approximate surface area is 61.9 Å². The SMILES string of the molecule is OCC1CCCC[C@H]1CO. The van der Waals surface area contributed by atoms with Crippen molar-refractivity contribution in [2.24, 2.45) is 11.8 Å². The highest BCUT2D eigenvalue weighted by Crippen LogP contribution is 2.28. The van der Waals surface area contributed by atoms with Crippen molar-refractivity contribution in [1.82, 2.24) is 0 Å². The molecule has 0 aromatic rings. The maximum atomic E-state index is 8.88. The first-order chi connectivity index (χ1) is 4.88. The van der Waals surface area contributed by atoms with Crippen LogP contribution in [-0.2, 0) is 0 Å². The molecule has 60 valence electrons. The molecule has 0 bridgehead atoms. The predicted octanol–water partition coefficient (Wildman–Crippen LogP) is 0.777. The summed E-state index contributed by atoms with van der Waals surface area (Å²) < 4.78 is 0. The van der Waals surface area contributed by atoms with E-state index in [0.717, 1.165) is 12.8 Å². The van der Waals surface area contributed by atoms with Crippen molar-refractivity contribution in [3.05, 3.63) is 0 Å². The van der Waals surface area contributed by atoms with Crippen LogP contribution in [-0.4, -0.2) is 23.4 Å². The van der Waals surface area contributed by atoms with E-state index in [1.165, 1.54) is 12.8 Å². The van der Waals surface area contributed by atoms with Gasteiger partial charge in [-0.25, -0.2) is 0 Å². The van der Waals surface area contributed by atoms with Crippen molar-refractivity contribution in [1.29, 1.82) is 0 Å². The summed E-state index contributed by atoms with van der Waals surface area (Å²) in [5.41, 5.74) is 0. The number of aliphatic hydroxyl groups excluding tert-OH is 2. The van der Waals surface area contributed by atoms with E-state index in [9.17, 15) is 0 Å². The zero-order chi connectivity index (χ0) is 7.40. The van der Waals surface area contributed by atoms with E-state index < -0.39 is 0 Å². The Balaban J connectivity index is 2.34. The molecule has 1 rings (SSSR count). The van der Waals surface area contributed by atoms with Gasteiger partial charge in [-0.15, -0.1) is 0 Å². The molecule has 10 heavy (non-hydrogen) atoms. The molecule has 0 aromatic carbocycles.